The molecule has 0 radical (unpaired) electrons. The minimum absolute atomic E-state index is 0.150. The smallest absolute Gasteiger partial charge is 0.261 e. The third-order valence-corrected chi connectivity index (χ3v) is 5.44. The van der Waals surface area contributed by atoms with E-state index >= 15 is 0 Å². The number of nitrogens with zero attached hydrogens (tertiary/aromatic N) is 2. The molecule has 2 aromatic carbocycles. The van der Waals surface area contributed by atoms with E-state index in [1.165, 1.54) is 25.4 Å². The molecule has 0 aliphatic heterocycles. The molecule has 1 aromatic heterocycles. The van der Waals surface area contributed by atoms with Crippen molar-refractivity contribution in [3.8, 4) is 5.75 Å². The summed E-state index contributed by atoms with van der Waals surface area (Å²) in [6.45, 7) is 0. The van der Waals surface area contributed by atoms with Crippen LogP contribution in [0, 0.1) is 0 Å². The van der Waals surface area contributed by atoms with Crippen LogP contribution in [0.5, 0.6) is 5.75 Å². The van der Waals surface area contributed by atoms with Crippen LogP contribution in [-0.2, 0) is 10.0 Å². The molecule has 0 spiro atoms. The van der Waals surface area contributed by atoms with E-state index in [-0.39, 0.29) is 4.90 Å². The van der Waals surface area contributed by atoms with E-state index in [2.05, 4.69) is 15.0 Å². The first kappa shape index (κ1) is 19.5. The number of hydrogen-bond acceptors (Lipinski definition) is 6. The second-order valence-corrected chi connectivity index (χ2v) is 7.96. The van der Waals surface area contributed by atoms with Crippen molar-refractivity contribution in [2.45, 2.75) is 4.90 Å². The molecule has 7 nitrogen and oxygen atoms in total. The Labute approximate surface area is 165 Å². The first-order chi connectivity index (χ1) is 13.4. The highest BCUT2D eigenvalue weighted by atomic mass is 32.2. The van der Waals surface area contributed by atoms with Crippen LogP contribution in [0.1, 0.15) is 0 Å². The molecule has 3 rings (SSSR count). The van der Waals surface area contributed by atoms with Crippen molar-refractivity contribution in [2.24, 2.45) is 0 Å². The summed E-state index contributed by atoms with van der Waals surface area (Å²) < 4.78 is 32.5. The number of methoxy groups -OCH3 is 1. The van der Waals surface area contributed by atoms with Gasteiger partial charge in [-0.25, -0.2) is 13.4 Å². The third kappa shape index (κ3) is 4.72. The van der Waals surface area contributed by atoms with Crippen LogP contribution in [0.4, 0.5) is 22.9 Å². The normalized spacial score (nSPS) is 11.0. The van der Waals surface area contributed by atoms with Gasteiger partial charge in [-0.3, -0.25) is 4.72 Å². The maximum atomic E-state index is 12.5. The summed E-state index contributed by atoms with van der Waals surface area (Å²) in [5.74, 6) is 1.21. The van der Waals surface area contributed by atoms with Crippen LogP contribution in [-0.4, -0.2) is 34.6 Å². The molecule has 146 valence electrons. The van der Waals surface area contributed by atoms with Crippen molar-refractivity contribution in [1.29, 1.82) is 0 Å². The van der Waals surface area contributed by atoms with Gasteiger partial charge in [0.2, 0.25) is 0 Å². The molecule has 0 amide bonds. The number of aromatic nitrogens is 1. The molecule has 0 aliphatic carbocycles. The zero-order chi connectivity index (χ0) is 20.1. The monoisotopic (exact) mass is 398 g/mol. The van der Waals surface area contributed by atoms with E-state index in [9.17, 15) is 8.42 Å². The first-order valence-electron chi connectivity index (χ1n) is 8.55. The Kier molecular flexibility index (Phi) is 5.70. The highest BCUT2D eigenvalue weighted by molar-refractivity contribution is 7.92. The van der Waals surface area contributed by atoms with Gasteiger partial charge in [-0.1, -0.05) is 0 Å². The molecular formula is C20H22N4O3S. The van der Waals surface area contributed by atoms with Crippen molar-refractivity contribution in [3.05, 3.63) is 66.9 Å². The number of nitrogens with one attached hydrogen (secondary N) is 2. The lowest BCUT2D eigenvalue weighted by Gasteiger charge is -2.13. The van der Waals surface area contributed by atoms with Gasteiger partial charge in [-0.15, -0.1) is 0 Å². The van der Waals surface area contributed by atoms with Crippen molar-refractivity contribution < 1.29 is 13.2 Å². The average molecular weight is 398 g/mol. The molecule has 1 heterocycles. The fourth-order valence-corrected chi connectivity index (χ4v) is 3.53. The van der Waals surface area contributed by atoms with Gasteiger partial charge in [-0.05, 0) is 60.7 Å². The van der Waals surface area contributed by atoms with Gasteiger partial charge in [0.15, 0.2) is 0 Å². The SMILES string of the molecule is COc1ccc(S(=O)(=O)Nc2ccc(Nc3ccc(N(C)C)cc3)nc2)cc1. The maximum Gasteiger partial charge on any atom is 0.261 e. The molecule has 8 heteroatoms. The maximum absolute atomic E-state index is 12.5. The number of pyridine rings is 1. The largest absolute Gasteiger partial charge is 0.497 e. The molecule has 0 atom stereocenters. The molecule has 0 fully saturated rings. The zero-order valence-electron chi connectivity index (χ0n) is 15.9. The Morgan fingerprint density at radius 3 is 2.07 bits per heavy atom. The van der Waals surface area contributed by atoms with Crippen molar-refractivity contribution in [3.63, 3.8) is 0 Å². The van der Waals surface area contributed by atoms with E-state index < -0.39 is 10.0 Å². The molecular weight excluding hydrogens is 376 g/mol. The van der Waals surface area contributed by atoms with Gasteiger partial charge in [0.1, 0.15) is 11.6 Å². The standard InChI is InChI=1S/C20H22N4O3S/c1-24(2)17-7-4-15(5-8-17)22-20-13-6-16(14-21-20)23-28(25,26)19-11-9-18(27-3)10-12-19/h4-14,23H,1-3H3,(H,21,22). The molecule has 3 aromatic rings. The highest BCUT2D eigenvalue weighted by Crippen LogP contribution is 2.22. The van der Waals surface area contributed by atoms with Gasteiger partial charge in [0.05, 0.1) is 23.9 Å². The third-order valence-electron chi connectivity index (χ3n) is 4.04. The Balaban J connectivity index is 1.68. The summed E-state index contributed by atoms with van der Waals surface area (Å²) >= 11 is 0. The van der Waals surface area contributed by atoms with Gasteiger partial charge in [0.25, 0.3) is 10.0 Å². The van der Waals surface area contributed by atoms with E-state index in [1.54, 1.807) is 24.3 Å². The lowest BCUT2D eigenvalue weighted by molar-refractivity contribution is 0.414. The lowest BCUT2D eigenvalue weighted by Crippen LogP contribution is -2.13. The van der Waals surface area contributed by atoms with E-state index in [1.807, 2.05) is 43.3 Å². The average Bonchev–Trinajstić information content (AvgIpc) is 2.70. The van der Waals surface area contributed by atoms with Crippen LogP contribution in [0.15, 0.2) is 71.8 Å². The molecule has 0 unspecified atom stereocenters. The lowest BCUT2D eigenvalue weighted by atomic mass is 10.2. The van der Waals surface area contributed by atoms with E-state index in [0.717, 1.165) is 11.4 Å². The predicted octanol–water partition coefficient (Wildman–Crippen LogP) is 3.70. The second-order valence-electron chi connectivity index (χ2n) is 6.28. The van der Waals surface area contributed by atoms with E-state index in [4.69, 9.17) is 4.74 Å². The molecule has 2 N–H and O–H groups in total. The summed E-state index contributed by atoms with van der Waals surface area (Å²) in [5, 5.41) is 3.18. The quantitative estimate of drug-likeness (QED) is 0.631. The van der Waals surface area contributed by atoms with Crippen LogP contribution in [0.2, 0.25) is 0 Å². The van der Waals surface area contributed by atoms with Gasteiger partial charge >= 0.3 is 0 Å². The molecule has 0 saturated carbocycles. The number of anilines is 4. The summed E-state index contributed by atoms with van der Waals surface area (Å²) in [5.41, 5.74) is 2.37. The number of hydrogen-bond donors (Lipinski definition) is 2. The zero-order valence-corrected chi connectivity index (χ0v) is 16.7. The Hall–Kier alpha value is -3.26. The number of sulfonamides is 1. The molecule has 28 heavy (non-hydrogen) atoms. The summed E-state index contributed by atoms with van der Waals surface area (Å²) in [4.78, 5) is 6.44. The van der Waals surface area contributed by atoms with Crippen molar-refractivity contribution in [2.75, 3.05) is 36.1 Å². The Morgan fingerprint density at radius 1 is 0.893 bits per heavy atom. The Bertz CT molecular complexity index is 1020. The van der Waals surface area contributed by atoms with Gasteiger partial charge in [-0.2, -0.15) is 0 Å². The van der Waals surface area contributed by atoms with Crippen LogP contribution >= 0.6 is 0 Å². The predicted molar refractivity (Wildman–Crippen MR) is 112 cm³/mol. The second kappa shape index (κ2) is 8.18. The van der Waals surface area contributed by atoms with Crippen LogP contribution in [0.3, 0.4) is 0 Å². The highest BCUT2D eigenvalue weighted by Gasteiger charge is 2.14. The molecule has 0 saturated heterocycles. The molecule has 0 bridgehead atoms. The summed E-state index contributed by atoms with van der Waals surface area (Å²) in [6, 6.07) is 17.5. The number of benzene rings is 2. The van der Waals surface area contributed by atoms with Crippen LogP contribution in [0.25, 0.3) is 0 Å². The minimum Gasteiger partial charge on any atom is -0.497 e. The number of ether oxygens (including phenoxy) is 1. The molecule has 0 aliphatic rings. The van der Waals surface area contributed by atoms with Gasteiger partial charge < -0.3 is 15.0 Å². The first-order valence-corrected chi connectivity index (χ1v) is 10.0. The van der Waals surface area contributed by atoms with Crippen molar-refractivity contribution in [1.82, 2.24) is 4.98 Å². The number of rotatable bonds is 7. The topological polar surface area (TPSA) is 83.6 Å². The minimum atomic E-state index is -3.69. The Morgan fingerprint density at radius 2 is 1.54 bits per heavy atom. The van der Waals surface area contributed by atoms with Gasteiger partial charge in [0, 0.05) is 25.5 Å². The van der Waals surface area contributed by atoms with Crippen molar-refractivity contribution >= 4 is 32.9 Å². The summed E-state index contributed by atoms with van der Waals surface area (Å²) in [7, 11) is 1.80. The van der Waals surface area contributed by atoms with Crippen LogP contribution < -0.4 is 19.7 Å². The summed E-state index contributed by atoms with van der Waals surface area (Å²) in [6.07, 6.45) is 1.47. The fraction of sp³-hybridized carbons (Fsp3) is 0.150. The van der Waals surface area contributed by atoms with E-state index in [0.29, 0.717) is 17.3 Å². The fourth-order valence-electron chi connectivity index (χ4n) is 2.49.